The molecule has 2 rings (SSSR count). The molecule has 64 valence electrons. The predicted octanol–water partition coefficient (Wildman–Crippen LogP) is 1.53. The maximum absolute atomic E-state index is 9.23. The van der Waals surface area contributed by atoms with E-state index in [2.05, 4.69) is 0 Å². The predicted molar refractivity (Wildman–Crippen MR) is 42.0 cm³/mol. The van der Waals surface area contributed by atoms with Gasteiger partial charge in [-0.2, -0.15) is 0 Å². The lowest BCUT2D eigenvalue weighted by Gasteiger charge is -2.37. The summed E-state index contributed by atoms with van der Waals surface area (Å²) in [5.41, 5.74) is 0. The quantitative estimate of drug-likeness (QED) is 0.576. The van der Waals surface area contributed by atoms with Crippen LogP contribution in [-0.2, 0) is 4.74 Å². The average molecular weight is 156 g/mol. The second-order valence-corrected chi connectivity index (χ2v) is 3.83. The first-order valence-electron chi connectivity index (χ1n) is 4.66. The van der Waals surface area contributed by atoms with Crippen molar-refractivity contribution in [2.24, 2.45) is 11.8 Å². The maximum Gasteiger partial charge on any atom is 0.154 e. The molecular weight excluding hydrogens is 140 g/mol. The minimum absolute atomic E-state index is 0.464. The molecule has 1 saturated carbocycles. The summed E-state index contributed by atoms with van der Waals surface area (Å²) >= 11 is 0. The highest BCUT2D eigenvalue weighted by atomic mass is 16.6. The van der Waals surface area contributed by atoms with Crippen LogP contribution in [0.15, 0.2) is 0 Å². The molecule has 0 aromatic carbocycles. The molecule has 0 amide bonds. The van der Waals surface area contributed by atoms with Crippen molar-refractivity contribution in [3.63, 3.8) is 0 Å². The standard InChI is InChI=1S/C9H16O2/c10-9-5-7-3-1-2-4-8(7)6-11-9/h7-10H,1-6H2/t7-,8-,9?/m1/s1. The molecule has 1 saturated heterocycles. The van der Waals surface area contributed by atoms with Crippen LogP contribution in [0.5, 0.6) is 0 Å². The van der Waals surface area contributed by atoms with Crippen LogP contribution in [0.25, 0.3) is 0 Å². The van der Waals surface area contributed by atoms with Crippen molar-refractivity contribution in [2.75, 3.05) is 6.61 Å². The van der Waals surface area contributed by atoms with E-state index in [0.717, 1.165) is 24.9 Å². The van der Waals surface area contributed by atoms with E-state index >= 15 is 0 Å². The minimum Gasteiger partial charge on any atom is -0.368 e. The lowest BCUT2D eigenvalue weighted by Crippen LogP contribution is -2.35. The number of hydrogen-bond donors (Lipinski definition) is 1. The van der Waals surface area contributed by atoms with Gasteiger partial charge in [0.25, 0.3) is 0 Å². The fourth-order valence-corrected chi connectivity index (χ4v) is 2.38. The van der Waals surface area contributed by atoms with Crippen LogP contribution in [-0.4, -0.2) is 18.0 Å². The Kier molecular flexibility index (Phi) is 2.14. The number of hydrogen-bond acceptors (Lipinski definition) is 2. The number of ether oxygens (including phenoxy) is 1. The third kappa shape index (κ3) is 1.57. The van der Waals surface area contributed by atoms with Gasteiger partial charge in [-0.1, -0.05) is 12.8 Å². The van der Waals surface area contributed by atoms with E-state index in [1.165, 1.54) is 25.7 Å². The topological polar surface area (TPSA) is 29.5 Å². The van der Waals surface area contributed by atoms with Gasteiger partial charge < -0.3 is 9.84 Å². The van der Waals surface area contributed by atoms with E-state index in [4.69, 9.17) is 4.74 Å². The Bertz CT molecular complexity index is 136. The van der Waals surface area contributed by atoms with E-state index in [1.54, 1.807) is 0 Å². The van der Waals surface area contributed by atoms with Gasteiger partial charge in [0.2, 0.25) is 0 Å². The Hall–Kier alpha value is -0.0800. The molecule has 2 heteroatoms. The summed E-state index contributed by atoms with van der Waals surface area (Å²) in [7, 11) is 0. The van der Waals surface area contributed by atoms with Crippen LogP contribution in [0.2, 0.25) is 0 Å². The van der Waals surface area contributed by atoms with Crippen LogP contribution in [0.3, 0.4) is 0 Å². The smallest absolute Gasteiger partial charge is 0.154 e. The summed E-state index contributed by atoms with van der Waals surface area (Å²) in [5.74, 6) is 1.51. The molecule has 2 fully saturated rings. The molecule has 2 nitrogen and oxygen atoms in total. The highest BCUT2D eigenvalue weighted by Crippen LogP contribution is 2.36. The normalized spacial score (nSPS) is 45.0. The minimum atomic E-state index is -0.464. The number of aliphatic hydroxyl groups excluding tert-OH is 1. The van der Waals surface area contributed by atoms with Crippen molar-refractivity contribution >= 4 is 0 Å². The number of fused-ring (bicyclic) bond motifs is 1. The summed E-state index contributed by atoms with van der Waals surface area (Å²) in [6, 6.07) is 0. The summed E-state index contributed by atoms with van der Waals surface area (Å²) in [6.07, 6.45) is 5.76. The first-order valence-corrected chi connectivity index (χ1v) is 4.66. The third-order valence-electron chi connectivity index (χ3n) is 3.07. The van der Waals surface area contributed by atoms with Crippen LogP contribution in [0, 0.1) is 11.8 Å². The van der Waals surface area contributed by atoms with Crippen LogP contribution < -0.4 is 0 Å². The van der Waals surface area contributed by atoms with E-state index in [1.807, 2.05) is 0 Å². The van der Waals surface area contributed by atoms with Gasteiger partial charge in [0.05, 0.1) is 6.61 Å². The number of rotatable bonds is 0. The van der Waals surface area contributed by atoms with Gasteiger partial charge in [-0.15, -0.1) is 0 Å². The molecule has 1 aliphatic carbocycles. The molecule has 2 aliphatic rings. The highest BCUT2D eigenvalue weighted by Gasteiger charge is 2.31. The van der Waals surface area contributed by atoms with E-state index in [0.29, 0.717) is 0 Å². The molecule has 1 N–H and O–H groups in total. The number of aliphatic hydroxyl groups is 1. The van der Waals surface area contributed by atoms with Crippen molar-refractivity contribution in [1.29, 1.82) is 0 Å². The maximum atomic E-state index is 9.23. The molecule has 3 atom stereocenters. The molecular formula is C9H16O2. The summed E-state index contributed by atoms with van der Waals surface area (Å²) < 4.78 is 5.20. The molecule has 1 unspecified atom stereocenters. The molecule has 1 heterocycles. The molecule has 0 radical (unpaired) electrons. The van der Waals surface area contributed by atoms with Crippen LogP contribution in [0.1, 0.15) is 32.1 Å². The monoisotopic (exact) mass is 156 g/mol. The average Bonchev–Trinajstić information content (AvgIpc) is 2.04. The Balaban J connectivity index is 1.93. The highest BCUT2D eigenvalue weighted by molar-refractivity contribution is 4.78. The van der Waals surface area contributed by atoms with Gasteiger partial charge in [0, 0.05) is 6.42 Å². The van der Waals surface area contributed by atoms with Gasteiger partial charge in [0.1, 0.15) is 0 Å². The van der Waals surface area contributed by atoms with E-state index in [9.17, 15) is 5.11 Å². The van der Waals surface area contributed by atoms with Gasteiger partial charge in [0.15, 0.2) is 6.29 Å². The fourth-order valence-electron chi connectivity index (χ4n) is 2.38. The van der Waals surface area contributed by atoms with Gasteiger partial charge in [-0.05, 0) is 24.7 Å². The summed E-state index contributed by atoms with van der Waals surface area (Å²) in [4.78, 5) is 0. The first-order chi connectivity index (χ1) is 5.36. The van der Waals surface area contributed by atoms with Crippen molar-refractivity contribution < 1.29 is 9.84 Å². The van der Waals surface area contributed by atoms with E-state index in [-0.39, 0.29) is 0 Å². The van der Waals surface area contributed by atoms with Gasteiger partial charge >= 0.3 is 0 Å². The van der Waals surface area contributed by atoms with Crippen LogP contribution >= 0.6 is 0 Å². The zero-order chi connectivity index (χ0) is 7.68. The molecule has 0 spiro atoms. The van der Waals surface area contributed by atoms with Gasteiger partial charge in [-0.3, -0.25) is 0 Å². The van der Waals surface area contributed by atoms with Gasteiger partial charge in [-0.25, -0.2) is 0 Å². The lowest BCUT2D eigenvalue weighted by atomic mass is 9.76. The summed E-state index contributed by atoms with van der Waals surface area (Å²) in [6.45, 7) is 0.797. The van der Waals surface area contributed by atoms with Crippen LogP contribution in [0.4, 0.5) is 0 Å². The molecule has 11 heavy (non-hydrogen) atoms. The van der Waals surface area contributed by atoms with Crippen molar-refractivity contribution in [2.45, 2.75) is 38.4 Å². The Morgan fingerprint density at radius 3 is 2.64 bits per heavy atom. The SMILES string of the molecule is OC1C[C@H]2CCCC[C@@H]2CO1. The van der Waals surface area contributed by atoms with Crippen molar-refractivity contribution in [3.05, 3.63) is 0 Å². The fraction of sp³-hybridized carbons (Fsp3) is 1.00. The molecule has 1 aliphatic heterocycles. The Morgan fingerprint density at radius 2 is 1.82 bits per heavy atom. The largest absolute Gasteiger partial charge is 0.368 e. The van der Waals surface area contributed by atoms with Crippen molar-refractivity contribution in [1.82, 2.24) is 0 Å². The van der Waals surface area contributed by atoms with Crippen molar-refractivity contribution in [3.8, 4) is 0 Å². The Labute approximate surface area is 67.6 Å². The van der Waals surface area contributed by atoms with E-state index < -0.39 is 6.29 Å². The first kappa shape index (κ1) is 7.56. The third-order valence-corrected chi connectivity index (χ3v) is 3.07. The Morgan fingerprint density at radius 1 is 1.09 bits per heavy atom. The zero-order valence-corrected chi connectivity index (χ0v) is 6.83. The molecule has 0 aromatic rings. The molecule has 0 bridgehead atoms. The second kappa shape index (κ2) is 3.11. The molecule has 0 aromatic heterocycles. The summed E-state index contributed by atoms with van der Waals surface area (Å²) in [5, 5.41) is 9.23. The second-order valence-electron chi connectivity index (χ2n) is 3.83. The zero-order valence-electron chi connectivity index (χ0n) is 6.83. The lowest BCUT2D eigenvalue weighted by molar-refractivity contribution is -0.164.